The Kier molecular flexibility index (Phi) is 4.11. The molecule has 0 bridgehead atoms. The van der Waals surface area contributed by atoms with Crippen LogP contribution in [0.4, 0.5) is 10.1 Å². The fourth-order valence-electron chi connectivity index (χ4n) is 2.75. The third kappa shape index (κ3) is 3.15. The molecule has 1 heterocycles. The van der Waals surface area contributed by atoms with Gasteiger partial charge in [-0.05, 0) is 23.6 Å². The number of hydrogen-bond acceptors (Lipinski definition) is 3. The van der Waals surface area contributed by atoms with E-state index in [2.05, 4.69) is 15.3 Å². The fraction of sp³-hybridized carbons (Fsp3) is 0. The molecule has 4 nitrogen and oxygen atoms in total. The third-order valence-electron chi connectivity index (χ3n) is 4.03. The van der Waals surface area contributed by atoms with Crippen LogP contribution in [-0.2, 0) is 0 Å². The van der Waals surface area contributed by atoms with Crippen LogP contribution in [0.5, 0.6) is 0 Å². The van der Waals surface area contributed by atoms with Crippen LogP contribution in [0.3, 0.4) is 0 Å². The lowest BCUT2D eigenvalue weighted by atomic mass is 10.1. The van der Waals surface area contributed by atoms with Crippen LogP contribution in [-0.4, -0.2) is 15.9 Å². The molecule has 1 N–H and O–H groups in total. The first-order chi connectivity index (χ1) is 12.7. The van der Waals surface area contributed by atoms with Gasteiger partial charge in [0.25, 0.3) is 5.91 Å². The highest BCUT2D eigenvalue weighted by atomic mass is 19.1. The normalized spacial score (nSPS) is 10.7. The van der Waals surface area contributed by atoms with E-state index in [1.807, 2.05) is 42.5 Å². The van der Waals surface area contributed by atoms with Crippen molar-refractivity contribution < 1.29 is 9.18 Å². The Labute approximate surface area is 149 Å². The van der Waals surface area contributed by atoms with Gasteiger partial charge in [0, 0.05) is 29.0 Å². The monoisotopic (exact) mass is 343 g/mol. The van der Waals surface area contributed by atoms with Gasteiger partial charge >= 0.3 is 0 Å². The van der Waals surface area contributed by atoms with Crippen LogP contribution >= 0.6 is 0 Å². The van der Waals surface area contributed by atoms with Gasteiger partial charge in [0.05, 0.1) is 5.56 Å². The number of anilines is 1. The van der Waals surface area contributed by atoms with Crippen LogP contribution in [0.2, 0.25) is 0 Å². The highest BCUT2D eigenvalue weighted by Crippen LogP contribution is 2.23. The van der Waals surface area contributed by atoms with Gasteiger partial charge < -0.3 is 5.32 Å². The molecule has 0 aliphatic carbocycles. The van der Waals surface area contributed by atoms with Crippen LogP contribution in [0.1, 0.15) is 10.4 Å². The predicted octanol–water partition coefficient (Wildman–Crippen LogP) is 4.69. The first-order valence-electron chi connectivity index (χ1n) is 8.08. The second-order valence-electron chi connectivity index (χ2n) is 5.79. The first-order valence-corrected chi connectivity index (χ1v) is 8.08. The van der Waals surface area contributed by atoms with Crippen LogP contribution in [0, 0.1) is 5.82 Å². The van der Waals surface area contributed by atoms with E-state index in [0.29, 0.717) is 17.0 Å². The zero-order valence-corrected chi connectivity index (χ0v) is 13.7. The Hall–Kier alpha value is -3.60. The summed E-state index contributed by atoms with van der Waals surface area (Å²) in [7, 11) is 0. The smallest absolute Gasteiger partial charge is 0.258 e. The number of carbonyl (C=O) groups is 1. The van der Waals surface area contributed by atoms with Crippen LogP contribution in [0.25, 0.3) is 22.2 Å². The summed E-state index contributed by atoms with van der Waals surface area (Å²) in [5.74, 6) is -0.290. The number of nitrogens with one attached hydrogen (secondary N) is 1. The standard InChI is InChI=1S/C21H14FN3O/c22-17-8-3-7-15(11-17)20-23-12-16(13-24-20)21(26)25-19-10-4-6-14-5-1-2-9-18(14)19/h1-13H,(H,25,26). The predicted molar refractivity (Wildman–Crippen MR) is 99.3 cm³/mol. The van der Waals surface area contributed by atoms with Crippen molar-refractivity contribution in [1.29, 1.82) is 0 Å². The van der Waals surface area contributed by atoms with E-state index in [4.69, 9.17) is 0 Å². The molecule has 5 heteroatoms. The Bertz CT molecular complexity index is 1090. The molecule has 126 valence electrons. The van der Waals surface area contributed by atoms with Gasteiger partial charge in [-0.1, -0.05) is 48.5 Å². The van der Waals surface area contributed by atoms with E-state index < -0.39 is 0 Å². The minimum atomic E-state index is -0.358. The quantitative estimate of drug-likeness (QED) is 0.587. The summed E-state index contributed by atoms with van der Waals surface area (Å²) >= 11 is 0. The van der Waals surface area contributed by atoms with Gasteiger partial charge in [-0.2, -0.15) is 0 Å². The van der Waals surface area contributed by atoms with E-state index in [1.165, 1.54) is 24.5 Å². The Morgan fingerprint density at radius 2 is 1.62 bits per heavy atom. The van der Waals surface area contributed by atoms with Crippen LogP contribution in [0.15, 0.2) is 79.1 Å². The molecular weight excluding hydrogens is 329 g/mol. The molecule has 1 aromatic heterocycles. The average molecular weight is 343 g/mol. The van der Waals surface area contributed by atoms with Crippen molar-refractivity contribution in [3.63, 3.8) is 0 Å². The molecule has 0 radical (unpaired) electrons. The topological polar surface area (TPSA) is 54.9 Å². The van der Waals surface area contributed by atoms with Crippen molar-refractivity contribution in [2.75, 3.05) is 5.32 Å². The maximum atomic E-state index is 13.3. The maximum absolute atomic E-state index is 13.3. The van der Waals surface area contributed by atoms with Gasteiger partial charge in [-0.3, -0.25) is 4.79 Å². The van der Waals surface area contributed by atoms with Crippen molar-refractivity contribution >= 4 is 22.4 Å². The molecule has 4 rings (SSSR count). The van der Waals surface area contributed by atoms with Gasteiger partial charge in [0.1, 0.15) is 5.82 Å². The van der Waals surface area contributed by atoms with Gasteiger partial charge in [0.2, 0.25) is 0 Å². The third-order valence-corrected chi connectivity index (χ3v) is 4.03. The zero-order valence-electron chi connectivity index (χ0n) is 13.7. The minimum absolute atomic E-state index is 0.299. The molecule has 0 saturated carbocycles. The molecule has 0 unspecified atom stereocenters. The number of benzene rings is 3. The summed E-state index contributed by atoms with van der Waals surface area (Å²) in [6.07, 6.45) is 2.88. The largest absolute Gasteiger partial charge is 0.321 e. The Morgan fingerprint density at radius 1 is 0.885 bits per heavy atom. The number of hydrogen-bond donors (Lipinski definition) is 1. The van der Waals surface area contributed by atoms with Crippen molar-refractivity contribution in [2.45, 2.75) is 0 Å². The SMILES string of the molecule is O=C(Nc1cccc2ccccc12)c1cnc(-c2cccc(F)c2)nc1. The molecule has 3 aromatic carbocycles. The fourth-order valence-corrected chi connectivity index (χ4v) is 2.75. The Balaban J connectivity index is 1.58. The summed E-state index contributed by atoms with van der Waals surface area (Å²) in [6, 6.07) is 19.6. The van der Waals surface area contributed by atoms with Crippen molar-refractivity contribution in [3.8, 4) is 11.4 Å². The van der Waals surface area contributed by atoms with Gasteiger partial charge in [-0.15, -0.1) is 0 Å². The number of halogens is 1. The Morgan fingerprint density at radius 3 is 2.42 bits per heavy atom. The lowest BCUT2D eigenvalue weighted by molar-refractivity contribution is 0.102. The van der Waals surface area contributed by atoms with E-state index in [0.717, 1.165) is 16.5 Å². The highest BCUT2D eigenvalue weighted by Gasteiger charge is 2.10. The molecule has 0 aliphatic heterocycles. The van der Waals surface area contributed by atoms with E-state index in [9.17, 15) is 9.18 Å². The molecule has 1 amide bonds. The van der Waals surface area contributed by atoms with Gasteiger partial charge in [-0.25, -0.2) is 14.4 Å². The van der Waals surface area contributed by atoms with Gasteiger partial charge in [0.15, 0.2) is 5.82 Å². The molecule has 26 heavy (non-hydrogen) atoms. The van der Waals surface area contributed by atoms with E-state index in [1.54, 1.807) is 12.1 Å². The second kappa shape index (κ2) is 6.72. The second-order valence-corrected chi connectivity index (χ2v) is 5.79. The number of aromatic nitrogens is 2. The number of rotatable bonds is 3. The van der Waals surface area contributed by atoms with Crippen molar-refractivity contribution in [2.24, 2.45) is 0 Å². The van der Waals surface area contributed by atoms with Crippen LogP contribution < -0.4 is 5.32 Å². The minimum Gasteiger partial charge on any atom is -0.321 e. The number of amides is 1. The maximum Gasteiger partial charge on any atom is 0.258 e. The molecule has 4 aromatic rings. The van der Waals surface area contributed by atoms with Crippen molar-refractivity contribution in [3.05, 3.63) is 90.5 Å². The number of carbonyl (C=O) groups excluding carboxylic acids is 1. The molecule has 0 spiro atoms. The molecule has 0 atom stereocenters. The highest BCUT2D eigenvalue weighted by molar-refractivity contribution is 6.08. The number of fused-ring (bicyclic) bond motifs is 1. The summed E-state index contributed by atoms with van der Waals surface area (Å²) < 4.78 is 13.3. The summed E-state index contributed by atoms with van der Waals surface area (Å²) in [5, 5.41) is 4.89. The summed E-state index contributed by atoms with van der Waals surface area (Å²) in [4.78, 5) is 20.9. The lowest BCUT2D eigenvalue weighted by Crippen LogP contribution is -2.13. The number of nitrogens with zero attached hydrogens (tertiary/aromatic N) is 2. The van der Waals surface area contributed by atoms with E-state index >= 15 is 0 Å². The zero-order chi connectivity index (χ0) is 17.9. The first kappa shape index (κ1) is 15.9. The molecular formula is C21H14FN3O. The van der Waals surface area contributed by atoms with Crippen molar-refractivity contribution in [1.82, 2.24) is 9.97 Å². The summed E-state index contributed by atoms with van der Waals surface area (Å²) in [6.45, 7) is 0. The van der Waals surface area contributed by atoms with E-state index in [-0.39, 0.29) is 11.7 Å². The average Bonchev–Trinajstić information content (AvgIpc) is 2.68. The summed E-state index contributed by atoms with van der Waals surface area (Å²) in [5.41, 5.74) is 1.62. The molecule has 0 aliphatic rings. The molecule has 0 saturated heterocycles. The molecule has 0 fully saturated rings. The lowest BCUT2D eigenvalue weighted by Gasteiger charge is -2.09.